The highest BCUT2D eigenvalue weighted by Crippen LogP contribution is 2.36. The van der Waals surface area contributed by atoms with Crippen LogP contribution in [0.15, 0.2) is 6.20 Å². The number of aromatic nitrogens is 2. The Morgan fingerprint density at radius 1 is 1.53 bits per heavy atom. The predicted octanol–water partition coefficient (Wildman–Crippen LogP) is 0.700. The van der Waals surface area contributed by atoms with Crippen LogP contribution in [0.4, 0.5) is 5.82 Å². The molecule has 2 heterocycles. The molecule has 0 spiro atoms. The molecule has 1 N–H and O–H groups in total. The van der Waals surface area contributed by atoms with Crippen LogP contribution in [0.1, 0.15) is 29.0 Å². The van der Waals surface area contributed by atoms with Gasteiger partial charge in [-0.25, -0.2) is 14.8 Å². The molecule has 1 aliphatic heterocycles. The van der Waals surface area contributed by atoms with E-state index in [0.29, 0.717) is 6.04 Å². The lowest BCUT2D eigenvalue weighted by Gasteiger charge is -2.16. The molecular weight excluding hydrogens is 194 g/mol. The lowest BCUT2D eigenvalue weighted by molar-refractivity contribution is 0.0683. The number of nitrogens with zero attached hydrogens (tertiary/aromatic N) is 3. The van der Waals surface area contributed by atoms with Gasteiger partial charge >= 0.3 is 5.97 Å². The van der Waals surface area contributed by atoms with E-state index in [9.17, 15) is 4.79 Å². The van der Waals surface area contributed by atoms with E-state index in [1.807, 2.05) is 0 Å². The van der Waals surface area contributed by atoms with Crippen LogP contribution in [0, 0.1) is 0 Å². The average Bonchev–Trinajstić information content (AvgIpc) is 2.98. The van der Waals surface area contributed by atoms with Gasteiger partial charge in [0.25, 0.3) is 0 Å². The number of rotatable bonds is 2. The molecule has 0 unspecified atom stereocenters. The summed E-state index contributed by atoms with van der Waals surface area (Å²) < 4.78 is 0. The van der Waals surface area contributed by atoms with Crippen LogP contribution in [0.2, 0.25) is 0 Å². The van der Waals surface area contributed by atoms with Crippen molar-refractivity contribution in [2.45, 2.75) is 25.3 Å². The second kappa shape index (κ2) is 2.92. The summed E-state index contributed by atoms with van der Waals surface area (Å²) in [5.74, 6) is -0.313. The fourth-order valence-corrected chi connectivity index (χ4v) is 2.01. The zero-order chi connectivity index (χ0) is 10.4. The third-order valence-corrected chi connectivity index (χ3v) is 2.91. The Morgan fingerprint density at radius 2 is 2.33 bits per heavy atom. The first-order valence-corrected chi connectivity index (χ1v) is 5.11. The first-order valence-electron chi connectivity index (χ1n) is 5.11. The maximum atomic E-state index is 10.7. The number of hydrogen-bond acceptors (Lipinski definition) is 4. The smallest absolute Gasteiger partial charge is 0.374 e. The summed E-state index contributed by atoms with van der Waals surface area (Å²) in [6, 6.07) is 0.586. The van der Waals surface area contributed by atoms with Crippen LogP contribution in [-0.4, -0.2) is 33.6 Å². The largest absolute Gasteiger partial charge is 0.475 e. The molecular formula is C10H11N3O2. The van der Waals surface area contributed by atoms with Gasteiger partial charge in [-0.1, -0.05) is 0 Å². The van der Waals surface area contributed by atoms with Crippen LogP contribution in [0.25, 0.3) is 0 Å². The first-order chi connectivity index (χ1) is 7.25. The van der Waals surface area contributed by atoms with Crippen molar-refractivity contribution in [2.24, 2.45) is 0 Å². The summed E-state index contributed by atoms with van der Waals surface area (Å²) in [5.41, 5.74) is 1.08. The van der Waals surface area contributed by atoms with Gasteiger partial charge in [0.05, 0.1) is 0 Å². The van der Waals surface area contributed by atoms with Crippen molar-refractivity contribution in [3.63, 3.8) is 0 Å². The average molecular weight is 205 g/mol. The van der Waals surface area contributed by atoms with E-state index >= 15 is 0 Å². The van der Waals surface area contributed by atoms with E-state index in [1.165, 1.54) is 12.8 Å². The summed E-state index contributed by atoms with van der Waals surface area (Å²) in [7, 11) is 0. The Bertz CT molecular complexity index is 429. The van der Waals surface area contributed by atoms with Crippen LogP contribution in [0.5, 0.6) is 0 Å². The molecule has 1 aromatic rings. The number of carboxylic acids is 1. The number of hydrogen-bond donors (Lipinski definition) is 1. The monoisotopic (exact) mass is 205 g/mol. The van der Waals surface area contributed by atoms with Gasteiger partial charge in [0.1, 0.15) is 5.82 Å². The predicted molar refractivity (Wildman–Crippen MR) is 53.1 cm³/mol. The van der Waals surface area contributed by atoms with Crippen molar-refractivity contribution in [3.05, 3.63) is 17.6 Å². The molecule has 0 radical (unpaired) electrons. The van der Waals surface area contributed by atoms with Gasteiger partial charge in [0, 0.05) is 24.3 Å². The Balaban J connectivity index is 2.01. The van der Waals surface area contributed by atoms with Crippen molar-refractivity contribution < 1.29 is 9.90 Å². The van der Waals surface area contributed by atoms with Crippen molar-refractivity contribution in [1.82, 2.24) is 9.97 Å². The summed E-state index contributed by atoms with van der Waals surface area (Å²) in [4.78, 5) is 20.9. The van der Waals surface area contributed by atoms with Crippen LogP contribution >= 0.6 is 0 Å². The second-order valence-corrected chi connectivity index (χ2v) is 4.02. The summed E-state index contributed by atoms with van der Waals surface area (Å²) in [6.45, 7) is 0.956. The molecule has 5 heteroatoms. The highest BCUT2D eigenvalue weighted by molar-refractivity contribution is 5.83. The molecule has 0 amide bonds. The molecule has 0 saturated heterocycles. The fraction of sp³-hybridized carbons (Fsp3) is 0.500. The summed E-state index contributed by atoms with van der Waals surface area (Å²) in [5, 5.41) is 8.81. The molecule has 5 nitrogen and oxygen atoms in total. The quantitative estimate of drug-likeness (QED) is 0.769. The molecule has 2 aliphatic rings. The SMILES string of the molecule is O=C(O)c1ncc2c(n1)N(C1CC1)CC2. The lowest BCUT2D eigenvalue weighted by atomic mass is 10.3. The van der Waals surface area contributed by atoms with Crippen LogP contribution in [0.3, 0.4) is 0 Å². The van der Waals surface area contributed by atoms with Crippen LogP contribution < -0.4 is 4.90 Å². The first kappa shape index (κ1) is 8.64. The Hall–Kier alpha value is -1.65. The molecule has 0 aromatic carbocycles. The molecule has 1 fully saturated rings. The van der Waals surface area contributed by atoms with Crippen molar-refractivity contribution in [2.75, 3.05) is 11.4 Å². The highest BCUT2D eigenvalue weighted by atomic mass is 16.4. The molecule has 0 atom stereocenters. The Labute approximate surface area is 86.8 Å². The van der Waals surface area contributed by atoms with E-state index in [-0.39, 0.29) is 5.82 Å². The van der Waals surface area contributed by atoms with Crippen LogP contribution in [-0.2, 0) is 6.42 Å². The highest BCUT2D eigenvalue weighted by Gasteiger charge is 2.34. The van der Waals surface area contributed by atoms with Gasteiger partial charge < -0.3 is 10.0 Å². The van der Waals surface area contributed by atoms with E-state index in [1.54, 1.807) is 6.20 Å². The van der Waals surface area contributed by atoms with Gasteiger partial charge in [-0.2, -0.15) is 0 Å². The minimum Gasteiger partial charge on any atom is -0.475 e. The Morgan fingerprint density at radius 3 is 3.00 bits per heavy atom. The maximum absolute atomic E-state index is 10.7. The number of aromatic carboxylic acids is 1. The number of fused-ring (bicyclic) bond motifs is 1. The zero-order valence-electron chi connectivity index (χ0n) is 8.18. The molecule has 78 valence electrons. The van der Waals surface area contributed by atoms with E-state index < -0.39 is 5.97 Å². The van der Waals surface area contributed by atoms with E-state index in [2.05, 4.69) is 14.9 Å². The Kier molecular flexibility index (Phi) is 1.68. The minimum absolute atomic E-state index is 0.0960. The van der Waals surface area contributed by atoms with Gasteiger partial charge in [-0.05, 0) is 19.3 Å². The topological polar surface area (TPSA) is 66.3 Å². The van der Waals surface area contributed by atoms with Gasteiger partial charge in [0.2, 0.25) is 5.82 Å². The van der Waals surface area contributed by atoms with Crippen molar-refractivity contribution in [3.8, 4) is 0 Å². The molecule has 15 heavy (non-hydrogen) atoms. The van der Waals surface area contributed by atoms with E-state index in [4.69, 9.17) is 5.11 Å². The standard InChI is InChI=1S/C10H11N3O2/c14-10(15)8-11-5-6-3-4-13(7-1-2-7)9(6)12-8/h5,7H,1-4H2,(H,14,15). The third kappa shape index (κ3) is 1.35. The third-order valence-electron chi connectivity index (χ3n) is 2.91. The van der Waals surface area contributed by atoms with Crippen molar-refractivity contribution >= 4 is 11.8 Å². The van der Waals surface area contributed by atoms with Crippen molar-refractivity contribution in [1.29, 1.82) is 0 Å². The van der Waals surface area contributed by atoms with Gasteiger partial charge in [-0.15, -0.1) is 0 Å². The van der Waals surface area contributed by atoms with Gasteiger partial charge in [0.15, 0.2) is 0 Å². The molecule has 1 saturated carbocycles. The molecule has 3 rings (SSSR count). The second-order valence-electron chi connectivity index (χ2n) is 4.02. The maximum Gasteiger partial charge on any atom is 0.374 e. The lowest BCUT2D eigenvalue weighted by Crippen LogP contribution is -2.24. The fourth-order valence-electron chi connectivity index (χ4n) is 2.01. The minimum atomic E-state index is -1.06. The molecule has 0 bridgehead atoms. The molecule has 1 aliphatic carbocycles. The normalized spacial score (nSPS) is 19.1. The number of carboxylic acid groups (broad SMARTS) is 1. The number of carbonyl (C=O) groups is 1. The summed E-state index contributed by atoms with van der Waals surface area (Å²) >= 11 is 0. The zero-order valence-corrected chi connectivity index (χ0v) is 8.18. The van der Waals surface area contributed by atoms with E-state index in [0.717, 1.165) is 24.3 Å². The number of anilines is 1. The summed E-state index contributed by atoms with van der Waals surface area (Å²) in [6.07, 6.45) is 4.98. The van der Waals surface area contributed by atoms with Gasteiger partial charge in [-0.3, -0.25) is 0 Å². The molecule has 1 aromatic heterocycles.